The second-order valence-corrected chi connectivity index (χ2v) is 3.66. The molecule has 0 fully saturated rings. The fraction of sp³-hybridized carbons (Fsp3) is 0.889. The summed E-state index contributed by atoms with van der Waals surface area (Å²) >= 11 is 0. The minimum Gasteiger partial charge on any atom is -0.355 e. The largest absolute Gasteiger partial charge is 0.409 e. The summed E-state index contributed by atoms with van der Waals surface area (Å²) < 4.78 is 72.6. The number of rotatable bonds is 6. The van der Waals surface area contributed by atoms with E-state index in [0.29, 0.717) is 19.4 Å². The lowest BCUT2D eigenvalue weighted by atomic mass is 10.1. The summed E-state index contributed by atoms with van der Waals surface area (Å²) in [5, 5.41) is 1.63. The number of nitrogens with two attached hydrogens (primary N) is 1. The highest BCUT2D eigenvalue weighted by molar-refractivity contribution is 5.80. The molecule has 0 aliphatic heterocycles. The highest BCUT2D eigenvalue weighted by Gasteiger charge is 2.60. The molecule has 1 amide bonds. The maximum Gasteiger partial charge on any atom is 0.409 e. The van der Waals surface area contributed by atoms with Gasteiger partial charge in [-0.3, -0.25) is 4.79 Å². The van der Waals surface area contributed by atoms with Crippen molar-refractivity contribution in [1.82, 2.24) is 5.32 Å². The summed E-state index contributed by atoms with van der Waals surface area (Å²) in [7, 11) is 0. The van der Waals surface area contributed by atoms with Crippen LogP contribution in [-0.4, -0.2) is 31.3 Å². The van der Waals surface area contributed by atoms with Gasteiger partial charge in [0.15, 0.2) is 0 Å². The third-order valence-electron chi connectivity index (χ3n) is 2.10. The summed E-state index contributed by atoms with van der Waals surface area (Å²) in [4.78, 5) is 10.9. The number of hydrogen-bond acceptors (Lipinski definition) is 2. The van der Waals surface area contributed by atoms with Gasteiger partial charge in [-0.25, -0.2) is 0 Å². The van der Waals surface area contributed by atoms with Crippen molar-refractivity contribution in [1.29, 1.82) is 0 Å². The summed E-state index contributed by atoms with van der Waals surface area (Å²) in [6.07, 6.45) is -9.87. The Labute approximate surface area is 99.7 Å². The fourth-order valence-electron chi connectivity index (χ4n) is 1.24. The molecular weight excluding hydrogens is 266 g/mol. The standard InChI is InChI=1S/C9H14F6N2O/c10-8(11,12)6(9(13,14)15)7(18)17-5-3-1-2-4-16/h6H,1-5,16H2,(H,17,18). The molecule has 18 heavy (non-hydrogen) atoms. The Morgan fingerprint density at radius 3 is 1.89 bits per heavy atom. The molecule has 0 aliphatic carbocycles. The smallest absolute Gasteiger partial charge is 0.355 e. The molecule has 108 valence electrons. The zero-order chi connectivity index (χ0) is 14.4. The molecule has 3 N–H and O–H groups in total. The maximum absolute atomic E-state index is 12.1. The Bertz CT molecular complexity index is 249. The van der Waals surface area contributed by atoms with E-state index in [1.54, 1.807) is 5.32 Å². The van der Waals surface area contributed by atoms with Crippen molar-refractivity contribution in [2.45, 2.75) is 31.6 Å². The van der Waals surface area contributed by atoms with Crippen LogP contribution in [0.5, 0.6) is 0 Å². The second-order valence-electron chi connectivity index (χ2n) is 3.66. The van der Waals surface area contributed by atoms with Crippen LogP contribution in [0.25, 0.3) is 0 Å². The first kappa shape index (κ1) is 17.0. The van der Waals surface area contributed by atoms with Crippen LogP contribution >= 0.6 is 0 Å². The first-order valence-corrected chi connectivity index (χ1v) is 5.22. The van der Waals surface area contributed by atoms with E-state index < -0.39 is 24.2 Å². The minimum absolute atomic E-state index is 0.235. The zero-order valence-corrected chi connectivity index (χ0v) is 9.37. The fourth-order valence-corrected chi connectivity index (χ4v) is 1.24. The number of nitrogens with one attached hydrogen (secondary N) is 1. The molecule has 0 unspecified atom stereocenters. The minimum atomic E-state index is -5.64. The van der Waals surface area contributed by atoms with Crippen LogP contribution in [0.15, 0.2) is 0 Å². The van der Waals surface area contributed by atoms with Crippen LogP contribution in [0, 0.1) is 5.92 Å². The van der Waals surface area contributed by atoms with Gasteiger partial charge >= 0.3 is 12.4 Å². The first-order chi connectivity index (χ1) is 8.10. The summed E-state index contributed by atoms with van der Waals surface area (Å²) in [6.45, 7) is 0.142. The molecule has 0 radical (unpaired) electrons. The average molecular weight is 280 g/mol. The van der Waals surface area contributed by atoms with Crippen molar-refractivity contribution in [2.75, 3.05) is 13.1 Å². The number of amides is 1. The summed E-state index contributed by atoms with van der Waals surface area (Å²) in [5.41, 5.74) is 5.15. The van der Waals surface area contributed by atoms with Crippen LogP contribution < -0.4 is 11.1 Å². The number of halogens is 6. The van der Waals surface area contributed by atoms with Crippen molar-refractivity contribution in [3.05, 3.63) is 0 Å². The predicted molar refractivity (Wildman–Crippen MR) is 51.5 cm³/mol. The molecule has 0 spiro atoms. The molecule has 0 heterocycles. The number of hydrogen-bond donors (Lipinski definition) is 2. The highest BCUT2D eigenvalue weighted by Crippen LogP contribution is 2.39. The van der Waals surface area contributed by atoms with Crippen LogP contribution in [0.2, 0.25) is 0 Å². The third-order valence-corrected chi connectivity index (χ3v) is 2.10. The first-order valence-electron chi connectivity index (χ1n) is 5.22. The van der Waals surface area contributed by atoms with E-state index >= 15 is 0 Å². The van der Waals surface area contributed by atoms with Crippen molar-refractivity contribution in [3.63, 3.8) is 0 Å². The Balaban J connectivity index is 4.34. The van der Waals surface area contributed by atoms with E-state index in [-0.39, 0.29) is 13.0 Å². The molecule has 0 aromatic heterocycles. The van der Waals surface area contributed by atoms with E-state index in [2.05, 4.69) is 0 Å². The van der Waals surface area contributed by atoms with E-state index in [9.17, 15) is 31.1 Å². The molecule has 0 aromatic rings. The topological polar surface area (TPSA) is 55.1 Å². The molecular formula is C9H14F6N2O. The predicted octanol–water partition coefficient (Wildman–Crippen LogP) is 1.97. The number of carbonyl (C=O) groups excluding carboxylic acids is 1. The molecule has 0 atom stereocenters. The van der Waals surface area contributed by atoms with Gasteiger partial charge in [-0.1, -0.05) is 6.42 Å². The van der Waals surface area contributed by atoms with Gasteiger partial charge in [0, 0.05) is 6.54 Å². The van der Waals surface area contributed by atoms with Gasteiger partial charge < -0.3 is 11.1 Å². The Kier molecular flexibility index (Phi) is 6.44. The molecule has 9 heteroatoms. The molecule has 0 saturated carbocycles. The van der Waals surface area contributed by atoms with Crippen molar-refractivity contribution in [2.24, 2.45) is 11.7 Å². The lowest BCUT2D eigenvalue weighted by Gasteiger charge is -2.21. The van der Waals surface area contributed by atoms with Crippen LogP contribution in [0.4, 0.5) is 26.3 Å². The van der Waals surface area contributed by atoms with Gasteiger partial charge in [0.25, 0.3) is 0 Å². The van der Waals surface area contributed by atoms with Crippen LogP contribution in [0.1, 0.15) is 19.3 Å². The van der Waals surface area contributed by atoms with Gasteiger partial charge in [0.05, 0.1) is 0 Å². The molecule has 0 aliphatic rings. The van der Waals surface area contributed by atoms with Gasteiger partial charge in [0.1, 0.15) is 0 Å². The molecule has 3 nitrogen and oxygen atoms in total. The summed E-state index contributed by atoms with van der Waals surface area (Å²) in [6, 6.07) is 0. The Hall–Kier alpha value is -0.990. The third kappa shape index (κ3) is 6.08. The lowest BCUT2D eigenvalue weighted by molar-refractivity contribution is -0.274. The normalized spacial score (nSPS) is 12.9. The van der Waals surface area contributed by atoms with Crippen molar-refractivity contribution < 1.29 is 31.1 Å². The second kappa shape index (κ2) is 6.81. The van der Waals surface area contributed by atoms with Crippen LogP contribution in [0.3, 0.4) is 0 Å². The van der Waals surface area contributed by atoms with Crippen LogP contribution in [-0.2, 0) is 4.79 Å². The SMILES string of the molecule is NCCCCCNC(=O)C(C(F)(F)F)C(F)(F)F. The summed E-state index contributed by atoms with van der Waals surface area (Å²) in [5.74, 6) is -6.04. The average Bonchev–Trinajstić information content (AvgIpc) is 2.12. The molecule has 0 bridgehead atoms. The van der Waals surface area contributed by atoms with Gasteiger partial charge in [-0.15, -0.1) is 0 Å². The van der Waals surface area contributed by atoms with Gasteiger partial charge in [-0.2, -0.15) is 26.3 Å². The van der Waals surface area contributed by atoms with Gasteiger partial charge in [0.2, 0.25) is 11.8 Å². The van der Waals surface area contributed by atoms with Gasteiger partial charge in [-0.05, 0) is 19.4 Å². The maximum atomic E-state index is 12.1. The Morgan fingerprint density at radius 1 is 1.00 bits per heavy atom. The van der Waals surface area contributed by atoms with Crippen molar-refractivity contribution >= 4 is 5.91 Å². The molecule has 0 rings (SSSR count). The highest BCUT2D eigenvalue weighted by atomic mass is 19.4. The van der Waals surface area contributed by atoms with E-state index in [1.807, 2.05) is 0 Å². The monoisotopic (exact) mass is 280 g/mol. The Morgan fingerprint density at radius 2 is 1.50 bits per heavy atom. The van der Waals surface area contributed by atoms with E-state index in [4.69, 9.17) is 5.73 Å². The van der Waals surface area contributed by atoms with Crippen molar-refractivity contribution in [3.8, 4) is 0 Å². The van der Waals surface area contributed by atoms with E-state index in [0.717, 1.165) is 0 Å². The quantitative estimate of drug-likeness (QED) is 0.577. The molecule has 0 saturated heterocycles. The lowest BCUT2D eigenvalue weighted by Crippen LogP contribution is -2.48. The number of carbonyl (C=O) groups is 1. The molecule has 0 aromatic carbocycles. The number of alkyl halides is 6. The number of unbranched alkanes of at least 4 members (excludes halogenated alkanes) is 2. The zero-order valence-electron chi connectivity index (χ0n) is 9.37. The van der Waals surface area contributed by atoms with E-state index in [1.165, 1.54) is 0 Å².